The van der Waals surface area contributed by atoms with Crippen LogP contribution in [0.25, 0.3) is 0 Å². The van der Waals surface area contributed by atoms with Gasteiger partial charge in [-0.25, -0.2) is 8.78 Å². The quantitative estimate of drug-likeness (QED) is 0.751. The Morgan fingerprint density at radius 2 is 2.04 bits per heavy atom. The molecule has 1 aromatic heterocycles. The van der Waals surface area contributed by atoms with Crippen molar-refractivity contribution in [3.8, 4) is 0 Å². The molecule has 1 spiro atoms. The Bertz CT molecular complexity index is 671. The van der Waals surface area contributed by atoms with Gasteiger partial charge in [-0.15, -0.1) is 0 Å². The van der Waals surface area contributed by atoms with E-state index in [2.05, 4.69) is 29.0 Å². The lowest BCUT2D eigenvalue weighted by Gasteiger charge is -2.42. The van der Waals surface area contributed by atoms with Crippen molar-refractivity contribution in [1.29, 1.82) is 0 Å². The number of aryl methyl sites for hydroxylation is 1. The SMILES string of the molecule is CN(C)CCN1CCOCC2(CCN(C(=O)c3cn(C)nc3C(F)F)CC2)C1. The summed E-state index contributed by atoms with van der Waals surface area (Å²) in [7, 11) is 5.69. The van der Waals surface area contributed by atoms with Crippen molar-refractivity contribution in [2.45, 2.75) is 19.3 Å². The van der Waals surface area contributed by atoms with Gasteiger partial charge in [-0.1, -0.05) is 0 Å². The van der Waals surface area contributed by atoms with E-state index in [1.165, 1.54) is 10.9 Å². The standard InChI is InChI=1S/C19H31F2N5O2/c1-23(2)8-9-25-10-11-28-14-19(13-25)4-6-26(7-5-19)18(27)15-12-24(3)22-16(15)17(20)21/h12,17H,4-11,13-14H2,1-3H3. The van der Waals surface area contributed by atoms with Crippen molar-refractivity contribution in [3.05, 3.63) is 17.5 Å². The molecular weight excluding hydrogens is 368 g/mol. The van der Waals surface area contributed by atoms with Crippen molar-refractivity contribution in [1.82, 2.24) is 24.5 Å². The number of likely N-dealkylation sites (tertiary alicyclic amines) is 1. The second-order valence-electron chi connectivity index (χ2n) is 8.33. The maximum Gasteiger partial charge on any atom is 0.282 e. The fourth-order valence-electron chi connectivity index (χ4n) is 4.10. The van der Waals surface area contributed by atoms with E-state index in [9.17, 15) is 13.6 Å². The molecule has 0 unspecified atom stereocenters. The molecule has 2 aliphatic rings. The topological polar surface area (TPSA) is 53.8 Å². The maximum atomic E-state index is 13.2. The third-order valence-corrected chi connectivity index (χ3v) is 5.79. The Morgan fingerprint density at radius 1 is 1.32 bits per heavy atom. The summed E-state index contributed by atoms with van der Waals surface area (Å²) in [5.74, 6) is -0.350. The molecule has 7 nitrogen and oxygen atoms in total. The molecule has 2 saturated heterocycles. The van der Waals surface area contributed by atoms with Gasteiger partial charge in [0.05, 0.1) is 18.8 Å². The Labute approximate surface area is 165 Å². The number of halogens is 2. The first-order chi connectivity index (χ1) is 13.3. The molecule has 0 N–H and O–H groups in total. The van der Waals surface area contributed by atoms with Gasteiger partial charge in [-0.2, -0.15) is 5.10 Å². The molecule has 1 aromatic rings. The number of aromatic nitrogens is 2. The van der Waals surface area contributed by atoms with E-state index in [1.807, 2.05) is 0 Å². The molecule has 0 atom stereocenters. The van der Waals surface area contributed by atoms with Crippen molar-refractivity contribution in [2.75, 3.05) is 66.6 Å². The average Bonchev–Trinajstić information content (AvgIpc) is 2.94. The van der Waals surface area contributed by atoms with Crippen LogP contribution in [0.4, 0.5) is 8.78 Å². The van der Waals surface area contributed by atoms with E-state index in [0.29, 0.717) is 19.7 Å². The van der Waals surface area contributed by atoms with Crippen molar-refractivity contribution in [2.24, 2.45) is 12.5 Å². The number of likely N-dealkylation sites (N-methyl/N-ethyl adjacent to an activating group) is 1. The summed E-state index contributed by atoms with van der Waals surface area (Å²) in [6.07, 6.45) is 0.284. The Hall–Kier alpha value is -1.58. The minimum Gasteiger partial charge on any atom is -0.379 e. The largest absolute Gasteiger partial charge is 0.379 e. The molecule has 28 heavy (non-hydrogen) atoms. The number of amides is 1. The van der Waals surface area contributed by atoms with E-state index in [4.69, 9.17) is 4.74 Å². The number of carbonyl (C=O) groups excluding carboxylic acids is 1. The summed E-state index contributed by atoms with van der Waals surface area (Å²) >= 11 is 0. The summed E-state index contributed by atoms with van der Waals surface area (Å²) in [4.78, 5) is 19.1. The van der Waals surface area contributed by atoms with Crippen LogP contribution in [0.3, 0.4) is 0 Å². The zero-order valence-electron chi connectivity index (χ0n) is 17.0. The van der Waals surface area contributed by atoms with Crippen LogP contribution in [0, 0.1) is 5.41 Å². The van der Waals surface area contributed by atoms with Crippen LogP contribution in [0.15, 0.2) is 6.20 Å². The van der Waals surface area contributed by atoms with E-state index in [-0.39, 0.29) is 16.9 Å². The van der Waals surface area contributed by atoms with Crippen LogP contribution < -0.4 is 0 Å². The third kappa shape index (κ3) is 4.87. The summed E-state index contributed by atoms with van der Waals surface area (Å²) in [5.41, 5.74) is -0.390. The van der Waals surface area contributed by atoms with Crippen LogP contribution in [-0.4, -0.2) is 97.0 Å². The Kier molecular flexibility index (Phi) is 6.67. The highest BCUT2D eigenvalue weighted by Crippen LogP contribution is 2.35. The minimum absolute atomic E-state index is 0.0122. The van der Waals surface area contributed by atoms with Crippen LogP contribution in [0.5, 0.6) is 0 Å². The van der Waals surface area contributed by atoms with Gasteiger partial charge in [-0.3, -0.25) is 14.4 Å². The molecule has 1 amide bonds. The molecule has 158 valence electrons. The first kappa shape index (κ1) is 21.1. The van der Waals surface area contributed by atoms with E-state index in [1.54, 1.807) is 11.9 Å². The second-order valence-corrected chi connectivity index (χ2v) is 8.33. The highest BCUT2D eigenvalue weighted by atomic mass is 19.3. The zero-order valence-corrected chi connectivity index (χ0v) is 17.0. The minimum atomic E-state index is -2.75. The van der Waals surface area contributed by atoms with Crippen LogP contribution >= 0.6 is 0 Å². The molecule has 0 aromatic carbocycles. The fraction of sp³-hybridized carbons (Fsp3) is 0.789. The van der Waals surface area contributed by atoms with E-state index in [0.717, 1.165) is 45.6 Å². The highest BCUT2D eigenvalue weighted by Gasteiger charge is 2.39. The van der Waals surface area contributed by atoms with Gasteiger partial charge < -0.3 is 14.5 Å². The van der Waals surface area contributed by atoms with Gasteiger partial charge >= 0.3 is 0 Å². The molecule has 0 aliphatic carbocycles. The van der Waals surface area contributed by atoms with Crippen LogP contribution in [0.2, 0.25) is 0 Å². The number of ether oxygens (including phenoxy) is 1. The van der Waals surface area contributed by atoms with E-state index < -0.39 is 12.1 Å². The third-order valence-electron chi connectivity index (χ3n) is 5.79. The van der Waals surface area contributed by atoms with Gasteiger partial charge in [0.1, 0.15) is 5.69 Å². The number of piperidine rings is 1. The lowest BCUT2D eigenvalue weighted by molar-refractivity contribution is 0.0144. The highest BCUT2D eigenvalue weighted by molar-refractivity contribution is 5.95. The smallest absolute Gasteiger partial charge is 0.282 e. The lowest BCUT2D eigenvalue weighted by Crippen LogP contribution is -2.49. The molecule has 3 rings (SSSR count). The maximum absolute atomic E-state index is 13.2. The van der Waals surface area contributed by atoms with Gasteiger partial charge in [0, 0.05) is 57.9 Å². The van der Waals surface area contributed by atoms with Crippen molar-refractivity contribution >= 4 is 5.91 Å². The predicted molar refractivity (Wildman–Crippen MR) is 102 cm³/mol. The van der Waals surface area contributed by atoms with Gasteiger partial charge in [0.2, 0.25) is 0 Å². The lowest BCUT2D eigenvalue weighted by atomic mass is 9.78. The molecule has 0 bridgehead atoms. The van der Waals surface area contributed by atoms with Crippen LogP contribution in [-0.2, 0) is 11.8 Å². The summed E-state index contributed by atoms with van der Waals surface area (Å²) in [5, 5.41) is 3.75. The molecule has 3 heterocycles. The number of alkyl halides is 2. The fourth-order valence-corrected chi connectivity index (χ4v) is 4.10. The molecule has 2 fully saturated rings. The monoisotopic (exact) mass is 399 g/mol. The van der Waals surface area contributed by atoms with Gasteiger partial charge in [0.25, 0.3) is 12.3 Å². The van der Waals surface area contributed by atoms with Crippen LogP contribution in [0.1, 0.15) is 35.3 Å². The first-order valence-electron chi connectivity index (χ1n) is 9.85. The number of carbonyl (C=O) groups is 1. The summed E-state index contributed by atoms with van der Waals surface area (Å²) < 4.78 is 33.6. The second kappa shape index (κ2) is 8.84. The predicted octanol–water partition coefficient (Wildman–Crippen LogP) is 1.47. The summed E-state index contributed by atoms with van der Waals surface area (Å²) in [6.45, 7) is 6.41. The zero-order chi connectivity index (χ0) is 20.3. The molecule has 0 saturated carbocycles. The van der Waals surface area contributed by atoms with Crippen molar-refractivity contribution < 1.29 is 18.3 Å². The average molecular weight is 399 g/mol. The number of hydrogen-bond donors (Lipinski definition) is 0. The molecular formula is C19H31F2N5O2. The number of hydrogen-bond acceptors (Lipinski definition) is 5. The Balaban J connectivity index is 1.63. The molecule has 0 radical (unpaired) electrons. The molecule has 2 aliphatic heterocycles. The number of nitrogens with zero attached hydrogens (tertiary/aromatic N) is 5. The number of rotatable bonds is 5. The first-order valence-corrected chi connectivity index (χ1v) is 9.85. The van der Waals surface area contributed by atoms with Gasteiger partial charge in [-0.05, 0) is 26.9 Å². The normalized spacial score (nSPS) is 20.9. The summed E-state index contributed by atoms with van der Waals surface area (Å²) in [6, 6.07) is 0. The van der Waals surface area contributed by atoms with Gasteiger partial charge in [0.15, 0.2) is 0 Å². The molecule has 9 heteroatoms. The Morgan fingerprint density at radius 3 is 2.68 bits per heavy atom. The van der Waals surface area contributed by atoms with E-state index >= 15 is 0 Å². The van der Waals surface area contributed by atoms with Crippen molar-refractivity contribution in [3.63, 3.8) is 0 Å².